The van der Waals surface area contributed by atoms with Crippen molar-refractivity contribution in [2.24, 2.45) is 5.92 Å². The third-order valence-electron chi connectivity index (χ3n) is 4.89. The Morgan fingerprint density at radius 3 is 2.71 bits per heavy atom. The van der Waals surface area contributed by atoms with Crippen molar-refractivity contribution in [3.63, 3.8) is 0 Å². The zero-order valence-electron chi connectivity index (χ0n) is 14.3. The van der Waals surface area contributed by atoms with E-state index in [1.807, 2.05) is 18.2 Å². The van der Waals surface area contributed by atoms with E-state index in [1.54, 1.807) is 14.8 Å². The smallest absolute Gasteiger partial charge is 0.282 e. The van der Waals surface area contributed by atoms with Crippen molar-refractivity contribution in [2.75, 3.05) is 26.2 Å². The molecule has 7 heteroatoms. The molecule has 0 bridgehead atoms. The molecule has 24 heavy (non-hydrogen) atoms. The number of pyridine rings is 1. The lowest BCUT2D eigenvalue weighted by Gasteiger charge is -2.34. The molecule has 0 radical (unpaired) electrons. The Morgan fingerprint density at radius 1 is 1.29 bits per heavy atom. The summed E-state index contributed by atoms with van der Waals surface area (Å²) < 4.78 is 35.2. The number of hydrogen-bond acceptors (Lipinski definition) is 4. The molecule has 1 aromatic rings. The molecule has 3 heterocycles. The molecular formula is C17H27N3O3S. The summed E-state index contributed by atoms with van der Waals surface area (Å²) in [5.41, 5.74) is 0.768. The molecule has 0 N–H and O–H groups in total. The molecule has 6 nitrogen and oxygen atoms in total. The monoisotopic (exact) mass is 353 g/mol. The van der Waals surface area contributed by atoms with Crippen LogP contribution in [0.25, 0.3) is 0 Å². The molecule has 3 rings (SSSR count). The minimum atomic E-state index is -3.49. The molecule has 1 atom stereocenters. The molecule has 2 aliphatic heterocycles. The summed E-state index contributed by atoms with van der Waals surface area (Å²) in [5.74, 6) is 0.596. The maximum atomic E-state index is 13.2. The summed E-state index contributed by atoms with van der Waals surface area (Å²) in [5, 5.41) is 0. The van der Waals surface area contributed by atoms with Gasteiger partial charge >= 0.3 is 0 Å². The van der Waals surface area contributed by atoms with Gasteiger partial charge in [-0.2, -0.15) is 17.0 Å². The highest BCUT2D eigenvalue weighted by molar-refractivity contribution is 7.86. The molecule has 0 saturated carbocycles. The van der Waals surface area contributed by atoms with E-state index in [0.29, 0.717) is 32.1 Å². The lowest BCUT2D eigenvalue weighted by molar-refractivity contribution is 0.0901. The standard InChI is InChI=1S/C17H27N3O3S/c1-15-7-10-19(11-8-15)24(21,22)20(14-17-6-4-12-23-17)13-16-5-2-3-9-18-16/h2-3,5,9,15,17H,4,6-8,10-14H2,1H3/t17-/m1/s1. The van der Waals surface area contributed by atoms with E-state index in [-0.39, 0.29) is 6.10 Å². The van der Waals surface area contributed by atoms with Crippen LogP contribution in [0.15, 0.2) is 24.4 Å². The van der Waals surface area contributed by atoms with Crippen LogP contribution >= 0.6 is 0 Å². The van der Waals surface area contributed by atoms with Gasteiger partial charge in [0.25, 0.3) is 10.2 Å². The normalized spacial score (nSPS) is 23.8. The number of rotatable bonds is 6. The SMILES string of the molecule is CC1CCN(S(=O)(=O)N(Cc2ccccn2)C[C@H]2CCCO2)CC1. The highest BCUT2D eigenvalue weighted by Gasteiger charge is 2.34. The molecule has 0 aromatic carbocycles. The summed E-state index contributed by atoms with van der Waals surface area (Å²) >= 11 is 0. The minimum absolute atomic E-state index is 0.00722. The third-order valence-corrected chi connectivity index (χ3v) is 6.84. The predicted octanol–water partition coefficient (Wildman–Crippen LogP) is 2.04. The van der Waals surface area contributed by atoms with E-state index in [2.05, 4.69) is 11.9 Å². The van der Waals surface area contributed by atoms with Crippen LogP contribution in [0.3, 0.4) is 0 Å². The molecule has 0 unspecified atom stereocenters. The molecule has 0 amide bonds. The Bertz CT molecular complexity index is 609. The van der Waals surface area contributed by atoms with Crippen LogP contribution in [0.5, 0.6) is 0 Å². The van der Waals surface area contributed by atoms with Crippen LogP contribution in [0, 0.1) is 5.92 Å². The highest BCUT2D eigenvalue weighted by Crippen LogP contribution is 2.23. The Kier molecular flexibility index (Phi) is 5.86. The quantitative estimate of drug-likeness (QED) is 0.785. The summed E-state index contributed by atoms with van der Waals surface area (Å²) in [6.07, 6.45) is 5.48. The van der Waals surface area contributed by atoms with Crippen LogP contribution < -0.4 is 0 Å². The maximum absolute atomic E-state index is 13.2. The average molecular weight is 353 g/mol. The second kappa shape index (κ2) is 7.91. The van der Waals surface area contributed by atoms with Gasteiger partial charge in [-0.1, -0.05) is 13.0 Å². The maximum Gasteiger partial charge on any atom is 0.282 e. The predicted molar refractivity (Wildman–Crippen MR) is 92.5 cm³/mol. The van der Waals surface area contributed by atoms with Crippen LogP contribution in [0.2, 0.25) is 0 Å². The van der Waals surface area contributed by atoms with Gasteiger partial charge in [-0.25, -0.2) is 0 Å². The van der Waals surface area contributed by atoms with E-state index < -0.39 is 10.2 Å². The number of hydrogen-bond donors (Lipinski definition) is 0. The molecule has 2 saturated heterocycles. The van der Waals surface area contributed by atoms with Crippen molar-refractivity contribution in [3.05, 3.63) is 30.1 Å². The Labute approximate surface area is 145 Å². The first-order chi connectivity index (χ1) is 11.6. The van der Waals surface area contributed by atoms with Gasteiger partial charge in [0.2, 0.25) is 0 Å². The summed E-state index contributed by atoms with van der Waals surface area (Å²) in [7, 11) is -3.49. The molecule has 2 aliphatic rings. The summed E-state index contributed by atoms with van der Waals surface area (Å²) in [6.45, 7) is 4.83. The van der Waals surface area contributed by atoms with E-state index in [9.17, 15) is 8.42 Å². The van der Waals surface area contributed by atoms with Gasteiger partial charge in [-0.3, -0.25) is 4.98 Å². The number of aromatic nitrogens is 1. The van der Waals surface area contributed by atoms with E-state index in [4.69, 9.17) is 4.74 Å². The minimum Gasteiger partial charge on any atom is -0.377 e. The second-order valence-corrected chi connectivity index (χ2v) is 8.77. The molecular weight excluding hydrogens is 326 g/mol. The summed E-state index contributed by atoms with van der Waals surface area (Å²) in [4.78, 5) is 4.30. The van der Waals surface area contributed by atoms with Gasteiger partial charge < -0.3 is 4.74 Å². The van der Waals surface area contributed by atoms with Gasteiger partial charge in [-0.15, -0.1) is 0 Å². The lowest BCUT2D eigenvalue weighted by atomic mass is 10.0. The van der Waals surface area contributed by atoms with Crippen molar-refractivity contribution < 1.29 is 13.2 Å². The van der Waals surface area contributed by atoms with Crippen LogP contribution in [0.4, 0.5) is 0 Å². The highest BCUT2D eigenvalue weighted by atomic mass is 32.2. The Morgan fingerprint density at radius 2 is 2.08 bits per heavy atom. The first-order valence-corrected chi connectivity index (χ1v) is 10.2. The molecule has 1 aromatic heterocycles. The van der Waals surface area contributed by atoms with Crippen LogP contribution in [0.1, 0.15) is 38.3 Å². The van der Waals surface area contributed by atoms with E-state index in [0.717, 1.165) is 38.0 Å². The first kappa shape index (κ1) is 17.8. The van der Waals surface area contributed by atoms with Gasteiger partial charge in [-0.05, 0) is 43.7 Å². The fourth-order valence-electron chi connectivity index (χ4n) is 3.31. The van der Waals surface area contributed by atoms with Gasteiger partial charge in [0.1, 0.15) is 0 Å². The Balaban J connectivity index is 1.76. The number of nitrogens with zero attached hydrogens (tertiary/aromatic N) is 3. The fraction of sp³-hybridized carbons (Fsp3) is 0.706. The zero-order valence-corrected chi connectivity index (χ0v) is 15.1. The molecule has 2 fully saturated rings. The fourth-order valence-corrected chi connectivity index (χ4v) is 4.96. The van der Waals surface area contributed by atoms with Crippen molar-refractivity contribution in [1.82, 2.24) is 13.6 Å². The van der Waals surface area contributed by atoms with Crippen molar-refractivity contribution in [3.8, 4) is 0 Å². The van der Waals surface area contributed by atoms with Gasteiger partial charge in [0, 0.05) is 32.4 Å². The van der Waals surface area contributed by atoms with E-state index in [1.165, 1.54) is 0 Å². The van der Waals surface area contributed by atoms with Crippen molar-refractivity contribution in [2.45, 2.75) is 45.3 Å². The van der Waals surface area contributed by atoms with Crippen LogP contribution in [-0.4, -0.2) is 54.4 Å². The van der Waals surface area contributed by atoms with Gasteiger partial charge in [0.15, 0.2) is 0 Å². The first-order valence-electron chi connectivity index (χ1n) is 8.82. The largest absolute Gasteiger partial charge is 0.377 e. The number of piperidine rings is 1. The molecule has 134 valence electrons. The molecule has 0 aliphatic carbocycles. The van der Waals surface area contributed by atoms with E-state index >= 15 is 0 Å². The lowest BCUT2D eigenvalue weighted by Crippen LogP contribution is -2.48. The topological polar surface area (TPSA) is 62.7 Å². The van der Waals surface area contributed by atoms with Crippen LogP contribution in [-0.2, 0) is 21.5 Å². The average Bonchev–Trinajstić information content (AvgIpc) is 3.09. The summed E-state index contributed by atoms with van der Waals surface area (Å²) in [6, 6.07) is 5.60. The zero-order chi connectivity index (χ0) is 17.0. The third kappa shape index (κ3) is 4.33. The van der Waals surface area contributed by atoms with Gasteiger partial charge in [0.05, 0.1) is 18.3 Å². The van der Waals surface area contributed by atoms with Crippen molar-refractivity contribution >= 4 is 10.2 Å². The Hall–Kier alpha value is -1.02. The molecule has 0 spiro atoms. The number of ether oxygens (including phenoxy) is 1. The second-order valence-electron chi connectivity index (χ2n) is 6.84. The van der Waals surface area contributed by atoms with Crippen molar-refractivity contribution in [1.29, 1.82) is 0 Å².